The Bertz CT molecular complexity index is 1010. The topological polar surface area (TPSA) is 99.3 Å². The lowest BCUT2D eigenvalue weighted by atomic mass is 10.1. The Morgan fingerprint density at radius 1 is 0.968 bits per heavy atom. The van der Waals surface area contributed by atoms with Crippen LogP contribution >= 0.6 is 35.4 Å². The molecule has 0 aromatic heterocycles. The lowest BCUT2D eigenvalue weighted by molar-refractivity contribution is -0.124. The summed E-state index contributed by atoms with van der Waals surface area (Å²) < 4.78 is 0. The van der Waals surface area contributed by atoms with Gasteiger partial charge in [-0.1, -0.05) is 53.0 Å². The average Bonchev–Trinajstić information content (AvgIpc) is 2.72. The predicted molar refractivity (Wildman–Crippen MR) is 127 cm³/mol. The van der Waals surface area contributed by atoms with Crippen LogP contribution in [0, 0.1) is 6.92 Å². The number of anilines is 1. The monoisotopic (exact) mass is 478 g/mol. The Morgan fingerprint density at radius 3 is 2.32 bits per heavy atom. The van der Waals surface area contributed by atoms with Gasteiger partial charge in [0.15, 0.2) is 5.11 Å². The molecule has 0 heterocycles. The van der Waals surface area contributed by atoms with Gasteiger partial charge in [0.1, 0.15) is 0 Å². The van der Waals surface area contributed by atoms with Crippen molar-refractivity contribution in [2.75, 3.05) is 5.32 Å². The number of carbonyl (C=O) groups is 3. The molecular formula is C21H20Cl2N4O3S. The van der Waals surface area contributed by atoms with Crippen LogP contribution in [0.1, 0.15) is 24.0 Å². The molecule has 0 spiro atoms. The van der Waals surface area contributed by atoms with E-state index in [0.717, 1.165) is 11.1 Å². The molecule has 162 valence electrons. The van der Waals surface area contributed by atoms with Crippen molar-refractivity contribution in [3.8, 4) is 0 Å². The Balaban J connectivity index is 1.67. The summed E-state index contributed by atoms with van der Waals surface area (Å²) in [7, 11) is 0. The Hall–Kier alpha value is -2.94. The minimum Gasteiger partial charge on any atom is -0.325 e. The van der Waals surface area contributed by atoms with Gasteiger partial charge < -0.3 is 5.32 Å². The highest BCUT2D eigenvalue weighted by Crippen LogP contribution is 2.25. The maximum absolute atomic E-state index is 12.0. The first kappa shape index (κ1) is 24.3. The van der Waals surface area contributed by atoms with Crippen LogP contribution in [0.4, 0.5) is 5.69 Å². The highest BCUT2D eigenvalue weighted by molar-refractivity contribution is 7.80. The number of hydrogen-bond acceptors (Lipinski definition) is 4. The van der Waals surface area contributed by atoms with E-state index in [-0.39, 0.29) is 18.0 Å². The lowest BCUT2D eigenvalue weighted by Crippen LogP contribution is -2.48. The van der Waals surface area contributed by atoms with Gasteiger partial charge in [-0.15, -0.1) is 0 Å². The van der Waals surface area contributed by atoms with Crippen LogP contribution in [0.15, 0.2) is 48.5 Å². The molecule has 0 unspecified atom stereocenters. The van der Waals surface area contributed by atoms with Gasteiger partial charge in [0.25, 0.3) is 0 Å². The number of rotatable bonds is 6. The van der Waals surface area contributed by atoms with E-state index in [1.165, 1.54) is 12.1 Å². The molecule has 0 aliphatic rings. The van der Waals surface area contributed by atoms with Crippen LogP contribution in [0.3, 0.4) is 0 Å². The fourth-order valence-corrected chi connectivity index (χ4v) is 2.86. The van der Waals surface area contributed by atoms with Crippen molar-refractivity contribution < 1.29 is 14.4 Å². The Kier molecular flexibility index (Phi) is 9.45. The van der Waals surface area contributed by atoms with Gasteiger partial charge in [0.05, 0.1) is 10.7 Å². The molecule has 2 rings (SSSR count). The normalized spacial score (nSPS) is 10.4. The molecule has 0 aliphatic heterocycles. The molecule has 0 saturated heterocycles. The van der Waals surface area contributed by atoms with E-state index in [1.807, 2.05) is 31.2 Å². The van der Waals surface area contributed by atoms with Gasteiger partial charge in [-0.05, 0) is 49.0 Å². The number of benzene rings is 2. The first-order chi connectivity index (χ1) is 14.7. The van der Waals surface area contributed by atoms with Crippen molar-refractivity contribution >= 4 is 70.0 Å². The molecule has 0 saturated carbocycles. The lowest BCUT2D eigenvalue weighted by Gasteiger charge is -2.10. The molecule has 31 heavy (non-hydrogen) atoms. The molecule has 0 radical (unpaired) electrons. The number of halogens is 2. The molecule has 10 heteroatoms. The summed E-state index contributed by atoms with van der Waals surface area (Å²) >= 11 is 16.7. The molecule has 0 fully saturated rings. The quantitative estimate of drug-likeness (QED) is 0.287. The van der Waals surface area contributed by atoms with Crippen LogP contribution in [0.2, 0.25) is 10.0 Å². The van der Waals surface area contributed by atoms with Gasteiger partial charge in [-0.3, -0.25) is 30.6 Å². The second-order valence-corrected chi connectivity index (χ2v) is 7.66. The number of thiocarbonyl (C=S) groups is 1. The fraction of sp³-hybridized carbons (Fsp3) is 0.143. The molecular weight excluding hydrogens is 459 g/mol. The number of nitrogens with one attached hydrogen (secondary N) is 4. The molecule has 7 nitrogen and oxygen atoms in total. The highest BCUT2D eigenvalue weighted by atomic mass is 35.5. The van der Waals surface area contributed by atoms with E-state index in [4.69, 9.17) is 35.4 Å². The minimum atomic E-state index is -0.482. The molecule has 0 aliphatic carbocycles. The SMILES string of the molecule is Cc1ccc(C=CC(=O)NC(=S)NNC(=O)CCC(=O)Nc2ccc(Cl)cc2Cl)cc1. The fourth-order valence-electron chi connectivity index (χ4n) is 2.25. The number of hydrazine groups is 1. The van der Waals surface area contributed by atoms with Crippen LogP contribution < -0.4 is 21.5 Å². The zero-order valence-corrected chi connectivity index (χ0v) is 18.8. The molecule has 4 N–H and O–H groups in total. The van der Waals surface area contributed by atoms with Gasteiger partial charge in [0.2, 0.25) is 17.7 Å². The summed E-state index contributed by atoms with van der Waals surface area (Å²) in [6, 6.07) is 12.3. The molecule has 2 aromatic rings. The maximum atomic E-state index is 12.0. The molecule has 3 amide bonds. The molecule has 0 bridgehead atoms. The van der Waals surface area contributed by atoms with Gasteiger partial charge in [0, 0.05) is 23.9 Å². The maximum Gasteiger partial charge on any atom is 0.250 e. The summed E-state index contributed by atoms with van der Waals surface area (Å²) in [6.07, 6.45) is 2.78. The summed E-state index contributed by atoms with van der Waals surface area (Å²) in [5.41, 5.74) is 7.11. The van der Waals surface area contributed by atoms with E-state index in [2.05, 4.69) is 21.5 Å². The summed E-state index contributed by atoms with van der Waals surface area (Å²) in [4.78, 5) is 35.7. The largest absolute Gasteiger partial charge is 0.325 e. The second kappa shape index (κ2) is 12.0. The number of amides is 3. The summed E-state index contributed by atoms with van der Waals surface area (Å²) in [5, 5.41) is 5.66. The van der Waals surface area contributed by atoms with Crippen molar-refractivity contribution in [3.63, 3.8) is 0 Å². The zero-order valence-electron chi connectivity index (χ0n) is 16.5. The standard InChI is InChI=1S/C21H20Cl2N4O3S/c1-13-2-4-14(5-3-13)6-9-19(29)25-21(31)27-26-20(30)11-10-18(28)24-17-8-7-15(22)12-16(17)23/h2-9,12H,10-11H2,1H3,(H,24,28)(H,26,30)(H2,25,27,29,31). The zero-order chi connectivity index (χ0) is 22.8. The second-order valence-electron chi connectivity index (χ2n) is 6.41. The smallest absolute Gasteiger partial charge is 0.250 e. The van der Waals surface area contributed by atoms with E-state index in [9.17, 15) is 14.4 Å². The minimum absolute atomic E-state index is 0.0785. The third kappa shape index (κ3) is 9.17. The van der Waals surface area contributed by atoms with E-state index >= 15 is 0 Å². The average molecular weight is 479 g/mol. The van der Waals surface area contributed by atoms with E-state index in [1.54, 1.807) is 18.2 Å². The third-order valence-electron chi connectivity index (χ3n) is 3.84. The number of carbonyl (C=O) groups excluding carboxylic acids is 3. The first-order valence-electron chi connectivity index (χ1n) is 9.12. The van der Waals surface area contributed by atoms with E-state index < -0.39 is 17.7 Å². The van der Waals surface area contributed by atoms with Crippen molar-refractivity contribution in [2.24, 2.45) is 0 Å². The molecule has 2 aromatic carbocycles. The van der Waals surface area contributed by atoms with Crippen LogP contribution in [0.25, 0.3) is 6.08 Å². The molecule has 0 atom stereocenters. The third-order valence-corrected chi connectivity index (χ3v) is 4.59. The highest BCUT2D eigenvalue weighted by Gasteiger charge is 2.10. The summed E-state index contributed by atoms with van der Waals surface area (Å²) in [5.74, 6) is -1.33. The number of hydrogen-bond donors (Lipinski definition) is 4. The number of aryl methyl sites for hydroxylation is 1. The van der Waals surface area contributed by atoms with Crippen molar-refractivity contribution in [3.05, 3.63) is 69.7 Å². The first-order valence-corrected chi connectivity index (χ1v) is 10.3. The van der Waals surface area contributed by atoms with Crippen LogP contribution in [-0.4, -0.2) is 22.8 Å². The Labute approximate surface area is 195 Å². The predicted octanol–water partition coefficient (Wildman–Crippen LogP) is 3.76. The van der Waals surface area contributed by atoms with Crippen molar-refractivity contribution in [1.29, 1.82) is 0 Å². The van der Waals surface area contributed by atoms with Crippen LogP contribution in [0.5, 0.6) is 0 Å². The van der Waals surface area contributed by atoms with Gasteiger partial charge in [-0.2, -0.15) is 0 Å². The van der Waals surface area contributed by atoms with Crippen LogP contribution in [-0.2, 0) is 14.4 Å². The summed E-state index contributed by atoms with van der Waals surface area (Å²) in [6.45, 7) is 1.97. The van der Waals surface area contributed by atoms with Crippen molar-refractivity contribution in [2.45, 2.75) is 19.8 Å². The van der Waals surface area contributed by atoms with E-state index in [0.29, 0.717) is 15.7 Å². The Morgan fingerprint density at radius 2 is 1.65 bits per heavy atom. The van der Waals surface area contributed by atoms with Gasteiger partial charge in [-0.25, -0.2) is 0 Å². The van der Waals surface area contributed by atoms with Gasteiger partial charge >= 0.3 is 0 Å². The van der Waals surface area contributed by atoms with Crippen molar-refractivity contribution in [1.82, 2.24) is 16.2 Å².